The number of likely N-dealkylation sites (N-methyl/N-ethyl adjacent to an activating group) is 1. The number of halogens is 4. The molecule has 0 aliphatic carbocycles. The van der Waals surface area contributed by atoms with Crippen molar-refractivity contribution >= 4 is 19.2 Å². The summed E-state index contributed by atoms with van der Waals surface area (Å²) in [5.74, 6) is 0. The summed E-state index contributed by atoms with van der Waals surface area (Å²) in [6.07, 6.45) is -3.64. The van der Waals surface area contributed by atoms with Gasteiger partial charge < -0.3 is 10.1 Å². The van der Waals surface area contributed by atoms with Gasteiger partial charge >= 0.3 is 6.18 Å². The van der Waals surface area contributed by atoms with E-state index in [0.29, 0.717) is 12.0 Å². The third kappa shape index (κ3) is 7.85. The molecular weight excluding hydrogens is 279 g/mol. The number of carbonyl (C=O) groups excluding carboxylic acids is 1. The first kappa shape index (κ1) is 20.3. The van der Waals surface area contributed by atoms with Crippen LogP contribution < -0.4 is 5.32 Å². The zero-order valence-corrected chi connectivity index (χ0v) is 11.8. The lowest BCUT2D eigenvalue weighted by Gasteiger charge is -2.13. The fourth-order valence-corrected chi connectivity index (χ4v) is 1.65. The van der Waals surface area contributed by atoms with E-state index in [1.165, 1.54) is 12.1 Å². The van der Waals surface area contributed by atoms with Gasteiger partial charge in [0.25, 0.3) is 0 Å². The Kier molecular flexibility index (Phi) is 10.5. The largest absolute Gasteiger partial charge is 0.416 e. The number of alkyl halides is 3. The molecule has 0 spiro atoms. The van der Waals surface area contributed by atoms with Gasteiger partial charge in [-0.25, -0.2) is 0 Å². The number of nitrogens with one attached hydrogen (secondary N) is 1. The molecule has 110 valence electrons. The van der Waals surface area contributed by atoms with E-state index in [1.54, 1.807) is 6.07 Å². The van der Waals surface area contributed by atoms with Crippen molar-refractivity contribution in [1.29, 1.82) is 0 Å². The van der Waals surface area contributed by atoms with Gasteiger partial charge in [0, 0.05) is 6.04 Å². The van der Waals surface area contributed by atoms with Crippen LogP contribution in [0.15, 0.2) is 24.3 Å². The number of hydrogen-bond donors (Lipinski definition) is 1. The van der Waals surface area contributed by atoms with Gasteiger partial charge in [-0.1, -0.05) is 25.1 Å². The fourth-order valence-electron chi connectivity index (χ4n) is 1.65. The Morgan fingerprint density at radius 1 is 1.32 bits per heavy atom. The van der Waals surface area contributed by atoms with Gasteiger partial charge in [0.15, 0.2) is 0 Å². The van der Waals surface area contributed by atoms with E-state index in [4.69, 9.17) is 4.79 Å². The molecule has 0 aliphatic rings. The maximum absolute atomic E-state index is 12.4. The summed E-state index contributed by atoms with van der Waals surface area (Å²) in [6.45, 7) is 6.76. The molecule has 19 heavy (non-hydrogen) atoms. The molecule has 2 nitrogen and oxygen atoms in total. The molecule has 0 radical (unpaired) electrons. The SMILES string of the molecule is C=O.CCNC(C)Cc1cccc(C(F)(F)F)c1.Cl. The Balaban J connectivity index is 0. The molecule has 1 rings (SSSR count). The van der Waals surface area contributed by atoms with Crippen LogP contribution in [0.2, 0.25) is 0 Å². The van der Waals surface area contributed by atoms with Crippen molar-refractivity contribution < 1.29 is 18.0 Å². The molecule has 0 aliphatic heterocycles. The van der Waals surface area contributed by atoms with Gasteiger partial charge in [0.1, 0.15) is 6.79 Å². The molecule has 1 aromatic rings. The Morgan fingerprint density at radius 2 is 1.89 bits per heavy atom. The van der Waals surface area contributed by atoms with E-state index in [-0.39, 0.29) is 18.4 Å². The maximum atomic E-state index is 12.4. The lowest BCUT2D eigenvalue weighted by atomic mass is 10.0. The summed E-state index contributed by atoms with van der Waals surface area (Å²) in [5, 5.41) is 3.17. The van der Waals surface area contributed by atoms with Gasteiger partial charge in [-0.2, -0.15) is 13.2 Å². The van der Waals surface area contributed by atoms with E-state index in [0.717, 1.165) is 12.6 Å². The minimum Gasteiger partial charge on any atom is -0.314 e. The zero-order chi connectivity index (χ0) is 14.2. The molecule has 0 saturated heterocycles. The molecule has 0 saturated carbocycles. The molecule has 0 fully saturated rings. The number of hydrogen-bond acceptors (Lipinski definition) is 2. The summed E-state index contributed by atoms with van der Waals surface area (Å²) >= 11 is 0. The van der Waals surface area contributed by atoms with E-state index in [2.05, 4.69) is 5.32 Å². The summed E-state index contributed by atoms with van der Waals surface area (Å²) in [4.78, 5) is 8.00. The highest BCUT2D eigenvalue weighted by Crippen LogP contribution is 2.29. The lowest BCUT2D eigenvalue weighted by Crippen LogP contribution is -2.27. The van der Waals surface area contributed by atoms with E-state index in [9.17, 15) is 13.2 Å². The Hall–Kier alpha value is -1.07. The minimum atomic E-state index is -4.25. The number of carbonyl (C=O) groups is 1. The fraction of sp³-hybridized carbons (Fsp3) is 0.462. The molecular formula is C13H19ClF3NO. The first-order valence-electron chi connectivity index (χ1n) is 5.62. The molecule has 1 N–H and O–H groups in total. The Labute approximate surface area is 117 Å². The molecule has 1 unspecified atom stereocenters. The molecule has 1 atom stereocenters. The van der Waals surface area contributed by atoms with E-state index < -0.39 is 11.7 Å². The van der Waals surface area contributed by atoms with Crippen molar-refractivity contribution in [2.75, 3.05) is 6.54 Å². The highest BCUT2D eigenvalue weighted by atomic mass is 35.5. The van der Waals surface area contributed by atoms with Gasteiger partial charge in [-0.05, 0) is 31.5 Å². The van der Waals surface area contributed by atoms with Crippen LogP contribution in [0.3, 0.4) is 0 Å². The van der Waals surface area contributed by atoms with Crippen LogP contribution in [0, 0.1) is 0 Å². The average Bonchev–Trinajstić information content (AvgIpc) is 2.31. The van der Waals surface area contributed by atoms with Crippen molar-refractivity contribution in [3.8, 4) is 0 Å². The first-order chi connectivity index (χ1) is 8.43. The molecule has 0 amide bonds. The molecule has 1 aromatic carbocycles. The van der Waals surface area contributed by atoms with Crippen LogP contribution in [0.5, 0.6) is 0 Å². The minimum absolute atomic E-state index is 0. The molecule has 0 aromatic heterocycles. The predicted octanol–water partition coefficient (Wildman–Crippen LogP) is 3.48. The van der Waals surface area contributed by atoms with E-state index in [1.807, 2.05) is 20.6 Å². The summed E-state index contributed by atoms with van der Waals surface area (Å²) in [5.41, 5.74) is 0.136. The van der Waals surface area contributed by atoms with Crippen LogP contribution in [0.25, 0.3) is 0 Å². The van der Waals surface area contributed by atoms with Crippen molar-refractivity contribution in [3.05, 3.63) is 35.4 Å². The highest BCUT2D eigenvalue weighted by Gasteiger charge is 2.30. The van der Waals surface area contributed by atoms with Gasteiger partial charge in [-0.15, -0.1) is 12.4 Å². The van der Waals surface area contributed by atoms with Crippen molar-refractivity contribution in [2.24, 2.45) is 0 Å². The Bertz CT molecular complexity index is 358. The predicted molar refractivity (Wildman–Crippen MR) is 72.7 cm³/mol. The van der Waals surface area contributed by atoms with E-state index >= 15 is 0 Å². The second-order valence-corrected chi connectivity index (χ2v) is 3.86. The molecule has 6 heteroatoms. The smallest absolute Gasteiger partial charge is 0.314 e. The van der Waals surface area contributed by atoms with Crippen LogP contribution in [-0.4, -0.2) is 19.4 Å². The standard InChI is InChI=1S/C12H16F3N.CH2O.ClH/c1-3-16-9(2)7-10-5-4-6-11(8-10)12(13,14)15;1-2;/h4-6,8-9,16H,3,7H2,1-2H3;1H2;1H. The monoisotopic (exact) mass is 297 g/mol. The van der Waals surface area contributed by atoms with Crippen molar-refractivity contribution in [1.82, 2.24) is 5.32 Å². The highest BCUT2D eigenvalue weighted by molar-refractivity contribution is 5.85. The summed E-state index contributed by atoms with van der Waals surface area (Å²) in [6, 6.07) is 5.68. The normalized spacial score (nSPS) is 11.8. The van der Waals surface area contributed by atoms with Gasteiger partial charge in [0.2, 0.25) is 0 Å². The second-order valence-electron chi connectivity index (χ2n) is 3.86. The first-order valence-corrected chi connectivity index (χ1v) is 5.62. The van der Waals surface area contributed by atoms with Crippen LogP contribution in [-0.2, 0) is 17.4 Å². The van der Waals surface area contributed by atoms with Crippen LogP contribution in [0.1, 0.15) is 25.0 Å². The van der Waals surface area contributed by atoms with Crippen LogP contribution >= 0.6 is 12.4 Å². The topological polar surface area (TPSA) is 29.1 Å². The molecule has 0 bridgehead atoms. The van der Waals surface area contributed by atoms with Gasteiger partial charge in [0.05, 0.1) is 5.56 Å². The van der Waals surface area contributed by atoms with Gasteiger partial charge in [-0.3, -0.25) is 0 Å². The zero-order valence-electron chi connectivity index (χ0n) is 11.0. The number of benzene rings is 1. The maximum Gasteiger partial charge on any atom is 0.416 e. The summed E-state index contributed by atoms with van der Waals surface area (Å²) < 4.78 is 37.3. The van der Waals surface area contributed by atoms with Crippen LogP contribution in [0.4, 0.5) is 13.2 Å². The third-order valence-corrected chi connectivity index (χ3v) is 2.35. The van der Waals surface area contributed by atoms with Crippen molar-refractivity contribution in [2.45, 2.75) is 32.5 Å². The van der Waals surface area contributed by atoms with Crippen molar-refractivity contribution in [3.63, 3.8) is 0 Å². The second kappa shape index (κ2) is 9.81. The average molecular weight is 298 g/mol. The molecule has 0 heterocycles. The number of rotatable bonds is 4. The Morgan fingerprint density at radius 3 is 2.37 bits per heavy atom. The quantitative estimate of drug-likeness (QED) is 0.922. The third-order valence-electron chi connectivity index (χ3n) is 2.35. The lowest BCUT2D eigenvalue weighted by molar-refractivity contribution is -0.137. The summed E-state index contributed by atoms with van der Waals surface area (Å²) in [7, 11) is 0.